The molecular formula is C9H17-. The van der Waals surface area contributed by atoms with Gasteiger partial charge in [-0.3, -0.25) is 6.08 Å². The Balaban J connectivity index is 0. The maximum Gasteiger partial charge on any atom is -0.0291 e. The van der Waals surface area contributed by atoms with Gasteiger partial charge in [0, 0.05) is 0 Å². The predicted octanol–water partition coefficient (Wildman–Crippen LogP) is 3.21. The first-order valence-electron chi connectivity index (χ1n) is 3.31. The largest absolute Gasteiger partial charge is 0.518 e. The minimum absolute atomic E-state index is 0.718. The van der Waals surface area contributed by atoms with Gasteiger partial charge >= 0.3 is 0 Å². The molecule has 0 radical (unpaired) electrons. The quantitative estimate of drug-likeness (QED) is 0.373. The molecule has 0 atom stereocenters. The van der Waals surface area contributed by atoms with Crippen molar-refractivity contribution in [1.82, 2.24) is 0 Å². The Bertz CT molecular complexity index is 68.1. The van der Waals surface area contributed by atoms with Crippen molar-refractivity contribution in [2.45, 2.75) is 27.7 Å². The summed E-state index contributed by atoms with van der Waals surface area (Å²) >= 11 is 0. The summed E-state index contributed by atoms with van der Waals surface area (Å²) in [5.74, 6) is 0.718. The average molecular weight is 125 g/mol. The van der Waals surface area contributed by atoms with E-state index in [1.807, 2.05) is 6.92 Å². The zero-order chi connectivity index (χ0) is 7.70. The third-order valence-electron chi connectivity index (χ3n) is 0.577. The van der Waals surface area contributed by atoms with E-state index in [1.54, 1.807) is 6.92 Å². The maximum atomic E-state index is 4.72. The standard InChI is InChI=1S/C6H12.C3H5/c1-4-5-6(2)3;1-3-2/h4-6H,1-3H3;1,3H,2H3/q;-1. The summed E-state index contributed by atoms with van der Waals surface area (Å²) in [7, 11) is 0. The van der Waals surface area contributed by atoms with Crippen LogP contribution in [0.2, 0.25) is 0 Å². The fraction of sp³-hybridized carbons (Fsp3) is 0.556. The highest BCUT2D eigenvalue weighted by Crippen LogP contribution is 1.90. The van der Waals surface area contributed by atoms with Crippen LogP contribution in [0, 0.1) is 12.5 Å². The van der Waals surface area contributed by atoms with Crippen molar-refractivity contribution < 1.29 is 0 Å². The van der Waals surface area contributed by atoms with Crippen LogP contribution >= 0.6 is 0 Å². The molecule has 0 heteroatoms. The Hall–Kier alpha value is -0.520. The SMILES string of the molecule is CC=CC(C)C.[CH-]=CC. The molecule has 0 nitrogen and oxygen atoms in total. The second kappa shape index (κ2) is 10.5. The minimum Gasteiger partial charge on any atom is -0.518 e. The zero-order valence-corrected chi connectivity index (χ0v) is 6.89. The van der Waals surface area contributed by atoms with Crippen LogP contribution in [0.4, 0.5) is 0 Å². The molecule has 0 bridgehead atoms. The minimum atomic E-state index is 0.718. The first-order valence-corrected chi connectivity index (χ1v) is 3.31. The lowest BCUT2D eigenvalue weighted by molar-refractivity contribution is 0.830. The van der Waals surface area contributed by atoms with Crippen LogP contribution in [0.25, 0.3) is 0 Å². The van der Waals surface area contributed by atoms with Crippen molar-refractivity contribution in [3.63, 3.8) is 0 Å². The van der Waals surface area contributed by atoms with E-state index in [2.05, 4.69) is 26.0 Å². The molecule has 0 aliphatic carbocycles. The van der Waals surface area contributed by atoms with Gasteiger partial charge in [-0.1, -0.05) is 32.9 Å². The predicted molar refractivity (Wildman–Crippen MR) is 44.2 cm³/mol. The van der Waals surface area contributed by atoms with Crippen LogP contribution in [-0.4, -0.2) is 0 Å². The van der Waals surface area contributed by atoms with E-state index in [0.717, 1.165) is 5.92 Å². The topological polar surface area (TPSA) is 0 Å². The van der Waals surface area contributed by atoms with Crippen LogP contribution in [-0.2, 0) is 0 Å². The summed E-state index contributed by atoms with van der Waals surface area (Å²) in [6, 6.07) is 0. The van der Waals surface area contributed by atoms with E-state index in [4.69, 9.17) is 6.58 Å². The molecule has 0 aliphatic heterocycles. The Morgan fingerprint density at radius 3 is 1.56 bits per heavy atom. The second-order valence-electron chi connectivity index (χ2n) is 2.10. The van der Waals surface area contributed by atoms with Crippen molar-refractivity contribution in [2.75, 3.05) is 0 Å². The summed E-state index contributed by atoms with van der Waals surface area (Å²) in [5.41, 5.74) is 0. The molecule has 0 unspecified atom stereocenters. The lowest BCUT2D eigenvalue weighted by atomic mass is 10.2. The van der Waals surface area contributed by atoms with Gasteiger partial charge in [0.2, 0.25) is 0 Å². The number of allylic oxidation sites excluding steroid dienone is 3. The molecule has 0 saturated heterocycles. The number of hydrogen-bond donors (Lipinski definition) is 0. The molecule has 0 amide bonds. The highest BCUT2D eigenvalue weighted by molar-refractivity contribution is 4.79. The molecule has 0 fully saturated rings. The molecule has 0 N–H and O–H groups in total. The Labute approximate surface area is 59.3 Å². The lowest BCUT2D eigenvalue weighted by Gasteiger charge is -1.86. The Morgan fingerprint density at radius 1 is 1.22 bits per heavy atom. The van der Waals surface area contributed by atoms with Crippen LogP contribution in [0.3, 0.4) is 0 Å². The highest BCUT2D eigenvalue weighted by Gasteiger charge is 1.76. The van der Waals surface area contributed by atoms with Gasteiger partial charge in [-0.2, -0.15) is 0 Å². The summed E-state index contributed by atoms with van der Waals surface area (Å²) in [4.78, 5) is 0. The van der Waals surface area contributed by atoms with Crippen LogP contribution < -0.4 is 0 Å². The molecule has 0 rings (SSSR count). The Kier molecular flexibility index (Phi) is 13.1. The molecule has 0 spiro atoms. The lowest BCUT2D eigenvalue weighted by Crippen LogP contribution is -1.73. The van der Waals surface area contributed by atoms with Gasteiger partial charge in [0.25, 0.3) is 0 Å². The summed E-state index contributed by atoms with van der Waals surface area (Å²) < 4.78 is 0. The van der Waals surface area contributed by atoms with E-state index in [1.165, 1.54) is 6.08 Å². The van der Waals surface area contributed by atoms with Gasteiger partial charge in [-0.15, -0.1) is 0 Å². The monoisotopic (exact) mass is 125 g/mol. The smallest absolute Gasteiger partial charge is 0.0291 e. The van der Waals surface area contributed by atoms with Crippen LogP contribution in [0.5, 0.6) is 0 Å². The first-order chi connectivity index (χ1) is 4.18. The molecule has 0 aromatic heterocycles. The van der Waals surface area contributed by atoms with Gasteiger partial charge in [0.05, 0.1) is 0 Å². The summed E-state index contributed by atoms with van der Waals surface area (Å²) in [5, 5.41) is 0. The molecule has 9 heavy (non-hydrogen) atoms. The van der Waals surface area contributed by atoms with E-state index < -0.39 is 0 Å². The van der Waals surface area contributed by atoms with Gasteiger partial charge < -0.3 is 6.58 Å². The maximum absolute atomic E-state index is 4.72. The van der Waals surface area contributed by atoms with E-state index in [9.17, 15) is 0 Å². The van der Waals surface area contributed by atoms with Crippen molar-refractivity contribution in [2.24, 2.45) is 5.92 Å². The van der Waals surface area contributed by atoms with E-state index in [-0.39, 0.29) is 0 Å². The first kappa shape index (κ1) is 11.3. The third kappa shape index (κ3) is 36.5. The highest BCUT2D eigenvalue weighted by atomic mass is 13.8. The molecule has 0 saturated carbocycles. The molecule has 0 aliphatic rings. The van der Waals surface area contributed by atoms with Crippen molar-refractivity contribution in [1.29, 1.82) is 0 Å². The zero-order valence-electron chi connectivity index (χ0n) is 6.89. The fourth-order valence-electron chi connectivity index (χ4n) is 0.385. The molecule has 0 aromatic carbocycles. The molecule has 0 aromatic rings. The third-order valence-corrected chi connectivity index (χ3v) is 0.577. The number of rotatable bonds is 1. The van der Waals surface area contributed by atoms with Crippen molar-refractivity contribution in [3.05, 3.63) is 24.8 Å². The van der Waals surface area contributed by atoms with Gasteiger partial charge in [-0.05, 0) is 12.8 Å². The summed E-state index contributed by atoms with van der Waals surface area (Å²) in [6.45, 7) is 12.9. The van der Waals surface area contributed by atoms with Gasteiger partial charge in [0.15, 0.2) is 0 Å². The van der Waals surface area contributed by atoms with E-state index in [0.29, 0.717) is 0 Å². The summed E-state index contributed by atoms with van der Waals surface area (Å²) in [6.07, 6.45) is 5.74. The van der Waals surface area contributed by atoms with Crippen LogP contribution in [0.1, 0.15) is 27.7 Å². The van der Waals surface area contributed by atoms with Crippen molar-refractivity contribution in [3.8, 4) is 0 Å². The molecular weight excluding hydrogens is 108 g/mol. The average Bonchev–Trinajstić information content (AvgIpc) is 1.67. The fourth-order valence-corrected chi connectivity index (χ4v) is 0.385. The normalized spacial score (nSPS) is 9.00. The van der Waals surface area contributed by atoms with E-state index >= 15 is 0 Å². The number of hydrogen-bond acceptors (Lipinski definition) is 0. The van der Waals surface area contributed by atoms with Crippen molar-refractivity contribution >= 4 is 0 Å². The Morgan fingerprint density at radius 2 is 1.56 bits per heavy atom. The van der Waals surface area contributed by atoms with Gasteiger partial charge in [0.1, 0.15) is 0 Å². The second-order valence-corrected chi connectivity index (χ2v) is 2.10. The van der Waals surface area contributed by atoms with Crippen LogP contribution in [0.15, 0.2) is 18.2 Å². The molecule has 54 valence electrons. The molecule has 0 heterocycles. The van der Waals surface area contributed by atoms with Gasteiger partial charge in [-0.25, -0.2) is 0 Å².